The summed E-state index contributed by atoms with van der Waals surface area (Å²) in [5, 5.41) is 0. The summed E-state index contributed by atoms with van der Waals surface area (Å²) < 4.78 is 0. The van der Waals surface area contributed by atoms with E-state index in [4.69, 9.17) is 0 Å². The molecule has 0 aromatic carbocycles. The number of hydrogen-bond acceptors (Lipinski definition) is 1. The Morgan fingerprint density at radius 3 is 2.62 bits per heavy atom. The molecule has 3 unspecified atom stereocenters. The van der Waals surface area contributed by atoms with E-state index in [1.807, 2.05) is 0 Å². The molecule has 0 aromatic rings. The minimum absolute atomic E-state index is 0.0202. The predicted octanol–water partition coefficient (Wildman–Crippen LogP) is 4.97. The maximum atomic E-state index is 12.4. The van der Waals surface area contributed by atoms with Gasteiger partial charge >= 0.3 is 0 Å². The topological polar surface area (TPSA) is 17.1 Å². The van der Waals surface area contributed by atoms with Gasteiger partial charge < -0.3 is 0 Å². The third kappa shape index (κ3) is 1.79. The van der Waals surface area contributed by atoms with Gasteiger partial charge in [-0.15, -0.1) is 0 Å². The molecule has 0 aromatic heterocycles. The summed E-state index contributed by atoms with van der Waals surface area (Å²) in [7, 11) is 0. The Labute approximate surface area is 129 Å². The maximum Gasteiger partial charge on any atom is 0.139 e. The van der Waals surface area contributed by atoms with E-state index in [-0.39, 0.29) is 5.41 Å². The van der Waals surface area contributed by atoms with Crippen molar-refractivity contribution >= 4 is 5.78 Å². The lowest BCUT2D eigenvalue weighted by atomic mass is 9.47. The van der Waals surface area contributed by atoms with E-state index in [1.54, 1.807) is 5.57 Å². The third-order valence-corrected chi connectivity index (χ3v) is 7.91. The molecule has 6 atom stereocenters. The van der Waals surface area contributed by atoms with Crippen molar-refractivity contribution in [3.05, 3.63) is 18.6 Å². The lowest BCUT2D eigenvalue weighted by Crippen LogP contribution is -2.50. The van der Waals surface area contributed by atoms with E-state index >= 15 is 0 Å². The van der Waals surface area contributed by atoms with Crippen LogP contribution in [-0.2, 0) is 4.79 Å². The predicted molar refractivity (Wildman–Crippen MR) is 85.6 cm³/mol. The van der Waals surface area contributed by atoms with Gasteiger partial charge in [-0.3, -0.25) is 4.79 Å². The number of fused-ring (bicyclic) bond motifs is 5. The van der Waals surface area contributed by atoms with Gasteiger partial charge in [0.05, 0.1) is 0 Å². The number of carbonyl (C=O) groups excluding carboxylic acids is 1. The van der Waals surface area contributed by atoms with Crippen LogP contribution in [0, 0.1) is 41.4 Å². The second kappa shape index (κ2) is 4.46. The van der Waals surface area contributed by atoms with Gasteiger partial charge in [-0.1, -0.05) is 25.5 Å². The molecule has 0 aliphatic heterocycles. The van der Waals surface area contributed by atoms with Crippen LogP contribution in [0.4, 0.5) is 0 Å². The Hall–Kier alpha value is -0.590. The third-order valence-electron chi connectivity index (χ3n) is 7.91. The van der Waals surface area contributed by atoms with Crippen molar-refractivity contribution in [2.24, 2.45) is 34.5 Å². The lowest BCUT2D eigenvalue weighted by molar-refractivity contribution is -0.131. The molecule has 115 valence electrons. The van der Waals surface area contributed by atoms with Crippen LogP contribution >= 0.6 is 0 Å². The number of ketones is 1. The second-order valence-corrected chi connectivity index (χ2v) is 8.79. The Morgan fingerprint density at radius 2 is 1.81 bits per heavy atom. The SMILES string of the molecule is [CH2][C@H]1CC[C@@]2(C)C(=CCC3C2CC[C@]2(C)C(=O)CCC32)C1. The minimum atomic E-state index is 0.0202. The van der Waals surface area contributed by atoms with Crippen molar-refractivity contribution in [1.82, 2.24) is 0 Å². The molecule has 0 N–H and O–H groups in total. The monoisotopic (exact) mass is 285 g/mol. The fourth-order valence-electron chi connectivity index (χ4n) is 6.51. The Balaban J connectivity index is 1.69. The molecule has 0 amide bonds. The summed E-state index contributed by atoms with van der Waals surface area (Å²) in [6.45, 7) is 9.12. The average Bonchev–Trinajstić information content (AvgIpc) is 2.76. The van der Waals surface area contributed by atoms with E-state index < -0.39 is 0 Å². The van der Waals surface area contributed by atoms with E-state index in [1.165, 1.54) is 32.1 Å². The second-order valence-electron chi connectivity index (χ2n) is 8.79. The normalized spacial score (nSPS) is 52.7. The molecule has 1 nitrogen and oxygen atoms in total. The molecular weight excluding hydrogens is 256 g/mol. The van der Waals surface area contributed by atoms with E-state index in [9.17, 15) is 4.79 Å². The summed E-state index contributed by atoms with van der Waals surface area (Å²) in [5.74, 6) is 3.45. The van der Waals surface area contributed by atoms with E-state index in [2.05, 4.69) is 26.8 Å². The average molecular weight is 285 g/mol. The number of carbonyl (C=O) groups is 1. The number of Topliss-reactive ketones (excluding diaryl/α,β-unsaturated/α-hetero) is 1. The highest BCUT2D eigenvalue weighted by molar-refractivity contribution is 5.87. The maximum absolute atomic E-state index is 12.4. The quantitative estimate of drug-likeness (QED) is 0.574. The van der Waals surface area contributed by atoms with Crippen molar-refractivity contribution in [3.63, 3.8) is 0 Å². The summed E-state index contributed by atoms with van der Waals surface area (Å²) in [6, 6.07) is 0. The van der Waals surface area contributed by atoms with Crippen LogP contribution in [0.3, 0.4) is 0 Å². The Bertz CT molecular complexity index is 504. The van der Waals surface area contributed by atoms with Gasteiger partial charge in [0.15, 0.2) is 0 Å². The minimum Gasteiger partial charge on any atom is -0.299 e. The highest BCUT2D eigenvalue weighted by atomic mass is 16.1. The lowest BCUT2D eigenvalue weighted by Gasteiger charge is -2.57. The molecule has 4 rings (SSSR count). The van der Waals surface area contributed by atoms with Gasteiger partial charge in [0, 0.05) is 11.8 Å². The number of hydrogen-bond donors (Lipinski definition) is 0. The zero-order valence-corrected chi connectivity index (χ0v) is 13.7. The van der Waals surface area contributed by atoms with Crippen molar-refractivity contribution in [1.29, 1.82) is 0 Å². The first kappa shape index (κ1) is 14.0. The highest BCUT2D eigenvalue weighted by Gasteiger charge is 2.58. The van der Waals surface area contributed by atoms with Crippen molar-refractivity contribution in [3.8, 4) is 0 Å². The molecule has 21 heavy (non-hydrogen) atoms. The van der Waals surface area contributed by atoms with E-state index in [0.29, 0.717) is 23.0 Å². The van der Waals surface area contributed by atoms with Gasteiger partial charge in [-0.2, -0.15) is 0 Å². The van der Waals surface area contributed by atoms with Gasteiger partial charge in [0.1, 0.15) is 5.78 Å². The molecule has 0 spiro atoms. The summed E-state index contributed by atoms with van der Waals surface area (Å²) in [5.41, 5.74) is 2.15. The largest absolute Gasteiger partial charge is 0.299 e. The number of allylic oxidation sites excluding steroid dienone is 2. The molecule has 0 bridgehead atoms. The zero-order valence-electron chi connectivity index (χ0n) is 13.7. The Morgan fingerprint density at radius 1 is 1.10 bits per heavy atom. The van der Waals surface area contributed by atoms with Crippen LogP contribution in [0.1, 0.15) is 65.2 Å². The van der Waals surface area contributed by atoms with Crippen LogP contribution in [-0.4, -0.2) is 5.78 Å². The molecule has 3 saturated carbocycles. The molecule has 4 aliphatic carbocycles. The van der Waals surface area contributed by atoms with Crippen molar-refractivity contribution in [2.45, 2.75) is 65.2 Å². The molecular formula is C20H29O. The van der Waals surface area contributed by atoms with Gasteiger partial charge in [-0.25, -0.2) is 0 Å². The Kier molecular flexibility index (Phi) is 2.98. The first-order chi connectivity index (χ1) is 9.95. The first-order valence-corrected chi connectivity index (χ1v) is 9.01. The smallest absolute Gasteiger partial charge is 0.139 e. The summed E-state index contributed by atoms with van der Waals surface area (Å²) in [4.78, 5) is 12.4. The van der Waals surface area contributed by atoms with Crippen molar-refractivity contribution in [2.75, 3.05) is 0 Å². The van der Waals surface area contributed by atoms with E-state index in [0.717, 1.165) is 31.1 Å². The van der Waals surface area contributed by atoms with Gasteiger partial charge in [0.2, 0.25) is 0 Å². The summed E-state index contributed by atoms with van der Waals surface area (Å²) in [6.07, 6.45) is 12.1. The van der Waals surface area contributed by atoms with Crippen LogP contribution in [0.15, 0.2) is 11.6 Å². The van der Waals surface area contributed by atoms with Crippen LogP contribution in [0.5, 0.6) is 0 Å². The molecule has 1 heteroatoms. The summed E-state index contributed by atoms with van der Waals surface area (Å²) >= 11 is 0. The highest BCUT2D eigenvalue weighted by Crippen LogP contribution is 2.64. The van der Waals surface area contributed by atoms with Gasteiger partial charge in [-0.05, 0) is 81.0 Å². The van der Waals surface area contributed by atoms with Crippen LogP contribution < -0.4 is 0 Å². The molecule has 0 heterocycles. The fraction of sp³-hybridized carbons (Fsp3) is 0.800. The van der Waals surface area contributed by atoms with Crippen molar-refractivity contribution < 1.29 is 4.79 Å². The molecule has 1 radical (unpaired) electrons. The number of rotatable bonds is 0. The molecule has 3 fully saturated rings. The first-order valence-electron chi connectivity index (χ1n) is 9.01. The van der Waals surface area contributed by atoms with Gasteiger partial charge in [0.25, 0.3) is 0 Å². The van der Waals surface area contributed by atoms with Crippen LogP contribution in [0.25, 0.3) is 0 Å². The molecule has 4 aliphatic rings. The fourth-order valence-corrected chi connectivity index (χ4v) is 6.51. The zero-order chi connectivity index (χ0) is 14.8. The molecule has 0 saturated heterocycles. The van der Waals surface area contributed by atoms with Crippen LogP contribution in [0.2, 0.25) is 0 Å². The standard InChI is InChI=1S/C20H29O/c1-13-8-10-19(2)14(12-13)4-5-15-16-6-7-18(21)20(16,3)11-9-17(15)19/h4,13,15-17H,1,5-12H2,2-3H3/t13-,15?,16?,17?,19-,20-/m0/s1.